The summed E-state index contributed by atoms with van der Waals surface area (Å²) in [6.07, 6.45) is 6.46. The summed E-state index contributed by atoms with van der Waals surface area (Å²) in [6.45, 7) is 4.70. The lowest BCUT2D eigenvalue weighted by Gasteiger charge is -2.44. The summed E-state index contributed by atoms with van der Waals surface area (Å²) in [4.78, 5) is 29.3. The Labute approximate surface area is 132 Å². The van der Waals surface area contributed by atoms with Crippen LogP contribution in [0.3, 0.4) is 0 Å². The third-order valence-electron chi connectivity index (χ3n) is 3.38. The largest absolute Gasteiger partial charge is 0.464 e. The van der Waals surface area contributed by atoms with Crippen molar-refractivity contribution in [2.45, 2.75) is 5.91 Å². The number of hydrogen-bond acceptors (Lipinski definition) is 8. The van der Waals surface area contributed by atoms with Gasteiger partial charge >= 0.3 is 17.8 Å². The fraction of sp³-hybridized carbons (Fsp3) is 0.267. The average Bonchev–Trinajstić information content (AvgIpc) is 2.67. The van der Waals surface area contributed by atoms with Gasteiger partial charge < -0.3 is 19.5 Å². The maximum absolute atomic E-state index is 11.8. The van der Waals surface area contributed by atoms with Gasteiger partial charge in [-0.15, -0.1) is 0 Å². The molecule has 8 heteroatoms. The number of carbonyl (C=O) groups excluding carboxylic acids is 2. The normalized spacial score (nSPS) is 19.7. The van der Waals surface area contributed by atoms with E-state index in [2.05, 4.69) is 16.9 Å². The SMILES string of the molecule is C=COc1cncc(N2CCNCC23OC(=O)C=CC(=O)O3)c1. The lowest BCUT2D eigenvalue weighted by atomic mass is 10.2. The maximum atomic E-state index is 11.8. The Bertz CT molecular complexity index is 653. The van der Waals surface area contributed by atoms with Gasteiger partial charge in [0.1, 0.15) is 5.75 Å². The van der Waals surface area contributed by atoms with E-state index < -0.39 is 17.8 Å². The standard InChI is InChI=1S/C15H15N3O5/c1-2-21-12-7-11(8-17-9-12)18-6-5-16-10-15(18)22-13(19)3-4-14(20)23-15/h2-4,7-9,16H,1,5-6,10H2. The Morgan fingerprint density at radius 2 is 2.04 bits per heavy atom. The van der Waals surface area contributed by atoms with Crippen molar-refractivity contribution in [3.8, 4) is 5.75 Å². The van der Waals surface area contributed by atoms with Crippen LogP contribution in [0.2, 0.25) is 0 Å². The number of nitrogens with one attached hydrogen (secondary N) is 1. The minimum Gasteiger partial charge on any atom is -0.464 e. The van der Waals surface area contributed by atoms with Crippen LogP contribution in [-0.4, -0.2) is 42.5 Å². The van der Waals surface area contributed by atoms with Crippen molar-refractivity contribution in [1.29, 1.82) is 0 Å². The summed E-state index contributed by atoms with van der Waals surface area (Å²) >= 11 is 0. The van der Waals surface area contributed by atoms with Crippen molar-refractivity contribution < 1.29 is 23.8 Å². The van der Waals surface area contributed by atoms with Crippen LogP contribution in [0.5, 0.6) is 5.75 Å². The molecule has 8 nitrogen and oxygen atoms in total. The number of rotatable bonds is 3. The molecule has 2 aliphatic rings. The van der Waals surface area contributed by atoms with E-state index in [-0.39, 0.29) is 6.54 Å². The molecule has 0 aromatic carbocycles. The van der Waals surface area contributed by atoms with Gasteiger partial charge in [0.05, 0.1) is 30.9 Å². The van der Waals surface area contributed by atoms with E-state index in [1.807, 2.05) is 0 Å². The summed E-state index contributed by atoms with van der Waals surface area (Å²) in [5, 5.41) is 3.06. The second-order valence-corrected chi connectivity index (χ2v) is 4.88. The van der Waals surface area contributed by atoms with Crippen molar-refractivity contribution in [2.24, 2.45) is 0 Å². The molecule has 1 spiro atoms. The van der Waals surface area contributed by atoms with Crippen molar-refractivity contribution in [3.63, 3.8) is 0 Å². The van der Waals surface area contributed by atoms with Gasteiger partial charge in [-0.25, -0.2) is 9.59 Å². The molecule has 2 aliphatic heterocycles. The zero-order valence-electron chi connectivity index (χ0n) is 12.2. The predicted molar refractivity (Wildman–Crippen MR) is 79.3 cm³/mol. The molecule has 0 radical (unpaired) electrons. The third-order valence-corrected chi connectivity index (χ3v) is 3.38. The second-order valence-electron chi connectivity index (χ2n) is 4.88. The fourth-order valence-electron chi connectivity index (χ4n) is 2.47. The Hall–Kier alpha value is -2.87. The second kappa shape index (κ2) is 6.09. The Morgan fingerprint density at radius 1 is 1.30 bits per heavy atom. The first-order valence-corrected chi connectivity index (χ1v) is 6.98. The van der Waals surface area contributed by atoms with Crippen LogP contribution in [0.15, 0.2) is 43.5 Å². The van der Waals surface area contributed by atoms with Gasteiger partial charge in [-0.3, -0.25) is 9.88 Å². The molecule has 1 aromatic rings. The predicted octanol–water partition coefficient (Wildman–Crippen LogP) is 0.323. The molecule has 0 amide bonds. The number of aromatic nitrogens is 1. The molecular weight excluding hydrogens is 302 g/mol. The Morgan fingerprint density at radius 3 is 2.74 bits per heavy atom. The molecule has 23 heavy (non-hydrogen) atoms. The van der Waals surface area contributed by atoms with Gasteiger partial charge in [-0.1, -0.05) is 6.58 Å². The summed E-state index contributed by atoms with van der Waals surface area (Å²) in [6, 6.07) is 1.70. The summed E-state index contributed by atoms with van der Waals surface area (Å²) < 4.78 is 16.0. The van der Waals surface area contributed by atoms with E-state index in [0.29, 0.717) is 24.5 Å². The minimum atomic E-state index is -1.57. The molecular formula is C15H15N3O5. The average molecular weight is 317 g/mol. The lowest BCUT2D eigenvalue weighted by Crippen LogP contribution is -2.65. The van der Waals surface area contributed by atoms with Crippen LogP contribution >= 0.6 is 0 Å². The van der Waals surface area contributed by atoms with E-state index in [9.17, 15) is 9.59 Å². The molecule has 0 aliphatic carbocycles. The van der Waals surface area contributed by atoms with Crippen molar-refractivity contribution in [3.05, 3.63) is 43.5 Å². The number of esters is 2. The number of piperazine rings is 1. The molecule has 1 saturated heterocycles. The first-order chi connectivity index (χ1) is 11.1. The molecule has 0 bridgehead atoms. The lowest BCUT2D eigenvalue weighted by molar-refractivity contribution is -0.221. The van der Waals surface area contributed by atoms with Crippen LogP contribution in [-0.2, 0) is 19.1 Å². The minimum absolute atomic E-state index is 0.138. The van der Waals surface area contributed by atoms with E-state index in [0.717, 1.165) is 12.2 Å². The zero-order chi connectivity index (χ0) is 16.3. The van der Waals surface area contributed by atoms with Gasteiger partial charge in [0.2, 0.25) is 0 Å². The first kappa shape index (κ1) is 15.0. The highest BCUT2D eigenvalue weighted by Crippen LogP contribution is 2.31. The monoisotopic (exact) mass is 317 g/mol. The van der Waals surface area contributed by atoms with E-state index in [4.69, 9.17) is 14.2 Å². The summed E-state index contributed by atoms with van der Waals surface area (Å²) in [7, 11) is 0. The van der Waals surface area contributed by atoms with Crippen LogP contribution in [0, 0.1) is 0 Å². The molecule has 1 fully saturated rings. The zero-order valence-corrected chi connectivity index (χ0v) is 12.2. The topological polar surface area (TPSA) is 90.0 Å². The van der Waals surface area contributed by atoms with Crippen molar-refractivity contribution in [1.82, 2.24) is 10.3 Å². The van der Waals surface area contributed by atoms with E-state index in [1.54, 1.807) is 17.2 Å². The first-order valence-electron chi connectivity index (χ1n) is 6.98. The van der Waals surface area contributed by atoms with Crippen molar-refractivity contribution >= 4 is 17.6 Å². The molecule has 1 aromatic heterocycles. The summed E-state index contributed by atoms with van der Waals surface area (Å²) in [5.74, 6) is -2.41. The molecule has 0 saturated carbocycles. The number of hydrogen-bond donors (Lipinski definition) is 1. The van der Waals surface area contributed by atoms with E-state index in [1.165, 1.54) is 12.5 Å². The molecule has 1 N–H and O–H groups in total. The number of anilines is 1. The number of carbonyl (C=O) groups is 2. The number of nitrogens with zero attached hydrogens (tertiary/aromatic N) is 2. The van der Waals surface area contributed by atoms with Gasteiger partial charge in [0, 0.05) is 31.3 Å². The fourth-order valence-corrected chi connectivity index (χ4v) is 2.47. The van der Waals surface area contributed by atoms with Crippen LogP contribution < -0.4 is 15.0 Å². The van der Waals surface area contributed by atoms with Gasteiger partial charge in [0.15, 0.2) is 0 Å². The quantitative estimate of drug-likeness (QED) is 0.630. The highest BCUT2D eigenvalue weighted by molar-refractivity contribution is 5.93. The van der Waals surface area contributed by atoms with Crippen molar-refractivity contribution in [2.75, 3.05) is 24.5 Å². The Balaban J connectivity index is 1.98. The molecule has 0 atom stereocenters. The number of pyridine rings is 1. The number of ether oxygens (including phenoxy) is 3. The highest BCUT2D eigenvalue weighted by atomic mass is 16.8. The third kappa shape index (κ3) is 3.02. The van der Waals surface area contributed by atoms with E-state index >= 15 is 0 Å². The van der Waals surface area contributed by atoms with Gasteiger partial charge in [-0.2, -0.15) is 0 Å². The van der Waals surface area contributed by atoms with Gasteiger partial charge in [0.25, 0.3) is 0 Å². The molecule has 3 heterocycles. The van der Waals surface area contributed by atoms with Gasteiger partial charge in [-0.05, 0) is 0 Å². The maximum Gasteiger partial charge on any atom is 0.356 e. The van der Waals surface area contributed by atoms with Crippen LogP contribution in [0.25, 0.3) is 0 Å². The molecule has 0 unspecified atom stereocenters. The van der Waals surface area contributed by atoms with Crippen LogP contribution in [0.1, 0.15) is 0 Å². The smallest absolute Gasteiger partial charge is 0.356 e. The molecule has 3 rings (SSSR count). The molecule has 120 valence electrons. The Kier molecular flexibility index (Phi) is 3.98. The van der Waals surface area contributed by atoms with Crippen LogP contribution in [0.4, 0.5) is 5.69 Å². The highest BCUT2D eigenvalue weighted by Gasteiger charge is 2.48. The summed E-state index contributed by atoms with van der Waals surface area (Å²) in [5.41, 5.74) is 0.591.